The lowest BCUT2D eigenvalue weighted by Crippen LogP contribution is -2.66. The fourth-order valence-corrected chi connectivity index (χ4v) is 5.56. The van der Waals surface area contributed by atoms with Gasteiger partial charge in [0.25, 0.3) is 0 Å². The Morgan fingerprint density at radius 3 is 2.58 bits per heavy atom. The zero-order valence-corrected chi connectivity index (χ0v) is 16.9. The molecule has 0 radical (unpaired) electrons. The molecule has 0 aromatic heterocycles. The molecule has 31 heavy (non-hydrogen) atoms. The van der Waals surface area contributed by atoms with Crippen LogP contribution < -0.4 is 0 Å². The Kier molecular flexibility index (Phi) is 4.23. The van der Waals surface area contributed by atoms with E-state index in [2.05, 4.69) is 0 Å². The Hall–Kier alpha value is -2.59. The second kappa shape index (κ2) is 6.46. The number of aliphatic carboxylic acids is 1. The van der Waals surface area contributed by atoms with Crippen molar-refractivity contribution in [2.24, 2.45) is 0 Å². The molecule has 2 bridgehead atoms. The van der Waals surface area contributed by atoms with E-state index in [0.29, 0.717) is 11.1 Å². The number of rotatable bonds is 2. The van der Waals surface area contributed by atoms with Crippen LogP contribution in [0.4, 0.5) is 0 Å². The van der Waals surface area contributed by atoms with E-state index in [4.69, 9.17) is 14.6 Å². The number of hydrogen-bond donors (Lipinski definition) is 4. The third-order valence-corrected chi connectivity index (χ3v) is 6.95. The zero-order valence-electron chi connectivity index (χ0n) is 16.9. The maximum atomic E-state index is 13.5. The molecular formula is C22H22O9. The van der Waals surface area contributed by atoms with Gasteiger partial charge in [-0.25, -0.2) is 0 Å². The van der Waals surface area contributed by atoms with E-state index in [0.717, 1.165) is 0 Å². The van der Waals surface area contributed by atoms with Gasteiger partial charge in [-0.3, -0.25) is 14.4 Å². The van der Waals surface area contributed by atoms with Gasteiger partial charge in [-0.05, 0) is 31.9 Å². The van der Waals surface area contributed by atoms with Crippen molar-refractivity contribution in [2.45, 2.75) is 69.2 Å². The smallest absolute Gasteiger partial charge is 0.305 e. The Balaban J connectivity index is 1.68. The van der Waals surface area contributed by atoms with Crippen LogP contribution in [0.1, 0.15) is 64.6 Å². The molecule has 1 aromatic carbocycles. The second-order valence-electron chi connectivity index (χ2n) is 8.71. The number of aliphatic hydroxyl groups excluding tert-OH is 1. The maximum absolute atomic E-state index is 13.5. The van der Waals surface area contributed by atoms with Gasteiger partial charge in [0, 0.05) is 28.7 Å². The number of phenols is 1. The van der Waals surface area contributed by atoms with Crippen LogP contribution in [0.15, 0.2) is 17.2 Å². The van der Waals surface area contributed by atoms with Crippen molar-refractivity contribution in [1.82, 2.24) is 0 Å². The standard InChI is InChI=1S/C22H22O9/c1-7-15-9(3-10(30-7)5-14(24)25)4-11-16(20(15)27)21(28)18-17(19(11)26)12-6-13(23)22(18,29)8(2)31-12/h4,7-8,10,12-13,23,27,29H,3,5-6H2,1-2H3,(H,24,25)/t7-,8+,10+,12?,13?,22?/m0/s1. The van der Waals surface area contributed by atoms with Gasteiger partial charge in [0.15, 0.2) is 11.6 Å². The molecule has 1 aromatic rings. The van der Waals surface area contributed by atoms with Gasteiger partial charge in [0.2, 0.25) is 0 Å². The number of carboxylic acid groups (broad SMARTS) is 1. The van der Waals surface area contributed by atoms with E-state index in [1.54, 1.807) is 6.92 Å². The van der Waals surface area contributed by atoms with Gasteiger partial charge < -0.3 is 29.9 Å². The number of carboxylic acids is 1. The highest BCUT2D eigenvalue weighted by molar-refractivity contribution is 6.29. The lowest BCUT2D eigenvalue weighted by atomic mass is 9.63. The Labute approximate surface area is 176 Å². The monoisotopic (exact) mass is 430 g/mol. The van der Waals surface area contributed by atoms with E-state index in [1.165, 1.54) is 13.0 Å². The van der Waals surface area contributed by atoms with Crippen LogP contribution in [0.2, 0.25) is 0 Å². The molecule has 3 unspecified atom stereocenters. The fourth-order valence-electron chi connectivity index (χ4n) is 5.56. The molecule has 3 aliphatic heterocycles. The van der Waals surface area contributed by atoms with Crippen LogP contribution in [0.3, 0.4) is 0 Å². The average molecular weight is 430 g/mol. The number of fused-ring (bicyclic) bond motifs is 4. The van der Waals surface area contributed by atoms with Crippen molar-refractivity contribution in [1.29, 1.82) is 0 Å². The summed E-state index contributed by atoms with van der Waals surface area (Å²) in [5.41, 5.74) is -1.62. The van der Waals surface area contributed by atoms with E-state index >= 15 is 0 Å². The van der Waals surface area contributed by atoms with Gasteiger partial charge in [-0.1, -0.05) is 0 Å². The van der Waals surface area contributed by atoms with Crippen LogP contribution >= 0.6 is 0 Å². The van der Waals surface area contributed by atoms with Gasteiger partial charge in [0.1, 0.15) is 11.4 Å². The molecule has 1 fully saturated rings. The van der Waals surface area contributed by atoms with Crippen molar-refractivity contribution in [3.63, 3.8) is 0 Å². The summed E-state index contributed by atoms with van der Waals surface area (Å²) in [5, 5.41) is 41.8. The minimum Gasteiger partial charge on any atom is -0.507 e. The lowest BCUT2D eigenvalue weighted by molar-refractivity contribution is -0.207. The highest BCUT2D eigenvalue weighted by Gasteiger charge is 2.62. The number of Topliss-reactive ketones (excluding diaryl/α,β-unsaturated/α-hetero) is 2. The molecule has 3 heterocycles. The third kappa shape index (κ3) is 2.54. The second-order valence-corrected chi connectivity index (χ2v) is 8.71. The summed E-state index contributed by atoms with van der Waals surface area (Å²) < 4.78 is 11.4. The van der Waals surface area contributed by atoms with E-state index < -0.39 is 59.4 Å². The highest BCUT2D eigenvalue weighted by Crippen LogP contribution is 2.51. The van der Waals surface area contributed by atoms with Crippen molar-refractivity contribution in [2.75, 3.05) is 0 Å². The predicted octanol–water partition coefficient (Wildman–Crippen LogP) is 0.828. The van der Waals surface area contributed by atoms with Crippen LogP contribution in [0.25, 0.3) is 0 Å². The molecular weight excluding hydrogens is 408 g/mol. The molecule has 5 aliphatic rings. The highest BCUT2D eigenvalue weighted by atomic mass is 16.5. The lowest BCUT2D eigenvalue weighted by Gasteiger charge is -2.52. The number of phenolic OH excluding ortho intramolecular Hbond substituents is 1. The number of carbonyl (C=O) groups is 3. The van der Waals surface area contributed by atoms with Crippen molar-refractivity contribution in [3.05, 3.63) is 39.5 Å². The number of carbonyl (C=O) groups excluding carboxylic acids is 2. The summed E-state index contributed by atoms with van der Waals surface area (Å²) in [6.07, 6.45) is -4.44. The summed E-state index contributed by atoms with van der Waals surface area (Å²) in [6, 6.07) is 1.51. The van der Waals surface area contributed by atoms with Crippen LogP contribution in [-0.2, 0) is 20.7 Å². The number of aliphatic hydroxyl groups is 2. The molecule has 2 aliphatic carbocycles. The van der Waals surface area contributed by atoms with Crippen LogP contribution in [-0.4, -0.2) is 68.0 Å². The zero-order chi connectivity index (χ0) is 22.4. The molecule has 1 saturated heterocycles. The Bertz CT molecular complexity index is 1070. The molecule has 9 nitrogen and oxygen atoms in total. The summed E-state index contributed by atoms with van der Waals surface area (Å²) >= 11 is 0. The first kappa shape index (κ1) is 20.3. The van der Waals surface area contributed by atoms with E-state index in [9.17, 15) is 29.7 Å². The topological polar surface area (TPSA) is 151 Å². The molecule has 9 heteroatoms. The molecule has 0 spiro atoms. The SMILES string of the molecule is C[C@@H]1O[C@@H](CC(=O)O)Cc2cc3c(c(O)c21)C(=O)C1=C(C3=O)C2CC(O)C1(O)[C@@H](C)O2. The van der Waals surface area contributed by atoms with Crippen molar-refractivity contribution >= 4 is 17.5 Å². The maximum Gasteiger partial charge on any atom is 0.305 e. The largest absolute Gasteiger partial charge is 0.507 e. The Morgan fingerprint density at radius 1 is 1.23 bits per heavy atom. The van der Waals surface area contributed by atoms with Gasteiger partial charge in [-0.15, -0.1) is 0 Å². The quantitative estimate of drug-likeness (QED) is 0.535. The molecule has 164 valence electrons. The number of hydrogen-bond acceptors (Lipinski definition) is 8. The molecule has 6 rings (SSSR count). The summed E-state index contributed by atoms with van der Waals surface area (Å²) in [6.45, 7) is 3.16. The first-order valence-electron chi connectivity index (χ1n) is 10.2. The minimum absolute atomic E-state index is 0.00920. The Morgan fingerprint density at radius 2 is 1.94 bits per heavy atom. The minimum atomic E-state index is -2.05. The van der Waals surface area contributed by atoms with Gasteiger partial charge in [-0.2, -0.15) is 0 Å². The molecule has 0 amide bonds. The predicted molar refractivity (Wildman–Crippen MR) is 103 cm³/mol. The van der Waals surface area contributed by atoms with Crippen LogP contribution in [0, 0.1) is 0 Å². The normalized spacial score (nSPS) is 36.2. The summed E-state index contributed by atoms with van der Waals surface area (Å²) in [5.74, 6) is -2.70. The summed E-state index contributed by atoms with van der Waals surface area (Å²) in [7, 11) is 0. The molecule has 6 atom stereocenters. The van der Waals surface area contributed by atoms with Crippen molar-refractivity contribution in [3.8, 4) is 5.75 Å². The van der Waals surface area contributed by atoms with E-state index in [-0.39, 0.29) is 41.5 Å². The first-order valence-corrected chi connectivity index (χ1v) is 10.2. The van der Waals surface area contributed by atoms with Gasteiger partial charge >= 0.3 is 5.97 Å². The summed E-state index contributed by atoms with van der Waals surface area (Å²) in [4.78, 5) is 38.0. The number of ketones is 2. The number of benzene rings is 1. The molecule has 4 N–H and O–H groups in total. The third-order valence-electron chi connectivity index (χ3n) is 6.95. The molecule has 0 saturated carbocycles. The number of aromatic hydroxyl groups is 1. The average Bonchev–Trinajstić information content (AvgIpc) is 2.66. The fraction of sp³-hybridized carbons (Fsp3) is 0.500. The van der Waals surface area contributed by atoms with E-state index in [1.807, 2.05) is 0 Å². The van der Waals surface area contributed by atoms with Crippen molar-refractivity contribution < 1.29 is 44.3 Å². The number of ether oxygens (including phenoxy) is 2. The first-order chi connectivity index (χ1) is 14.6. The van der Waals surface area contributed by atoms with Gasteiger partial charge in [0.05, 0.1) is 42.5 Å². The van der Waals surface area contributed by atoms with Crippen LogP contribution in [0.5, 0.6) is 5.75 Å².